The second kappa shape index (κ2) is 6.75. The zero-order chi connectivity index (χ0) is 18.1. The third-order valence-corrected chi connectivity index (χ3v) is 5.86. The maximum Gasteiger partial charge on any atom is 0.257 e. The average Bonchev–Trinajstić information content (AvgIpc) is 3.29. The summed E-state index contributed by atoms with van der Waals surface area (Å²) in [7, 11) is 0. The molecule has 1 aromatic carbocycles. The monoisotopic (exact) mass is 349 g/mol. The van der Waals surface area contributed by atoms with Crippen molar-refractivity contribution in [1.29, 1.82) is 0 Å². The van der Waals surface area contributed by atoms with E-state index in [1.54, 1.807) is 6.20 Å². The fourth-order valence-electron chi connectivity index (χ4n) is 4.44. The lowest BCUT2D eigenvalue weighted by Crippen LogP contribution is -2.31. The Balaban J connectivity index is 1.63. The van der Waals surface area contributed by atoms with E-state index in [9.17, 15) is 4.79 Å². The van der Waals surface area contributed by atoms with E-state index in [-0.39, 0.29) is 11.3 Å². The van der Waals surface area contributed by atoms with Crippen LogP contribution in [-0.4, -0.2) is 42.0 Å². The Morgan fingerprint density at radius 1 is 1.08 bits per heavy atom. The first-order chi connectivity index (χ1) is 12.6. The minimum atomic E-state index is 0.131. The van der Waals surface area contributed by atoms with Gasteiger partial charge in [0.2, 0.25) is 0 Å². The van der Waals surface area contributed by atoms with Gasteiger partial charge in [0.1, 0.15) is 5.82 Å². The van der Waals surface area contributed by atoms with E-state index in [4.69, 9.17) is 0 Å². The van der Waals surface area contributed by atoms with E-state index in [1.165, 1.54) is 5.56 Å². The van der Waals surface area contributed by atoms with Crippen LogP contribution in [-0.2, 0) is 0 Å². The Kier molecular flexibility index (Phi) is 4.43. The molecule has 0 N–H and O–H groups in total. The van der Waals surface area contributed by atoms with Crippen LogP contribution in [0, 0.1) is 5.41 Å². The molecule has 2 aromatic rings. The molecule has 0 bridgehead atoms. The van der Waals surface area contributed by atoms with Crippen molar-refractivity contribution in [3.8, 4) is 0 Å². The Morgan fingerprint density at radius 3 is 2.54 bits per heavy atom. The molecule has 0 spiro atoms. The van der Waals surface area contributed by atoms with Crippen molar-refractivity contribution in [2.45, 2.75) is 32.6 Å². The van der Waals surface area contributed by atoms with Crippen LogP contribution in [0.3, 0.4) is 0 Å². The first-order valence-corrected chi connectivity index (χ1v) is 9.60. The summed E-state index contributed by atoms with van der Waals surface area (Å²) in [5.41, 5.74) is 2.24. The van der Waals surface area contributed by atoms with Crippen LogP contribution in [0.15, 0.2) is 48.7 Å². The number of carbonyl (C=O) groups is 1. The molecule has 3 heterocycles. The third-order valence-electron chi connectivity index (χ3n) is 5.86. The molecule has 4 nitrogen and oxygen atoms in total. The molecule has 0 aliphatic carbocycles. The number of nitrogens with zero attached hydrogens (tertiary/aromatic N) is 3. The number of benzene rings is 1. The lowest BCUT2D eigenvalue weighted by Gasteiger charge is -2.26. The van der Waals surface area contributed by atoms with Crippen LogP contribution in [0.25, 0.3) is 0 Å². The number of hydrogen-bond acceptors (Lipinski definition) is 3. The van der Waals surface area contributed by atoms with Crippen LogP contribution < -0.4 is 4.90 Å². The minimum absolute atomic E-state index is 0.131. The van der Waals surface area contributed by atoms with Crippen molar-refractivity contribution in [2.75, 3.05) is 31.1 Å². The van der Waals surface area contributed by atoms with Crippen molar-refractivity contribution < 1.29 is 4.79 Å². The van der Waals surface area contributed by atoms with E-state index >= 15 is 0 Å². The molecule has 1 amide bonds. The lowest BCUT2D eigenvalue weighted by molar-refractivity contribution is 0.0793. The van der Waals surface area contributed by atoms with Gasteiger partial charge in [-0.2, -0.15) is 0 Å². The van der Waals surface area contributed by atoms with Crippen molar-refractivity contribution in [3.05, 3.63) is 59.8 Å². The zero-order valence-electron chi connectivity index (χ0n) is 15.7. The number of aromatic nitrogens is 1. The highest BCUT2D eigenvalue weighted by Gasteiger charge is 2.41. The number of hydrogen-bond donors (Lipinski definition) is 0. The van der Waals surface area contributed by atoms with Gasteiger partial charge >= 0.3 is 0 Å². The molecule has 26 heavy (non-hydrogen) atoms. The maximum absolute atomic E-state index is 13.0. The van der Waals surface area contributed by atoms with Crippen LogP contribution in [0.5, 0.6) is 0 Å². The second-order valence-electron chi connectivity index (χ2n) is 8.21. The highest BCUT2D eigenvalue weighted by atomic mass is 16.2. The molecule has 2 fully saturated rings. The number of likely N-dealkylation sites (tertiary alicyclic amines) is 1. The molecule has 1 atom stereocenters. The summed E-state index contributed by atoms with van der Waals surface area (Å²) < 4.78 is 0. The molecule has 0 radical (unpaired) electrons. The molecular weight excluding hydrogens is 322 g/mol. The van der Waals surface area contributed by atoms with Gasteiger partial charge < -0.3 is 9.80 Å². The van der Waals surface area contributed by atoms with Gasteiger partial charge in [0.15, 0.2) is 0 Å². The molecule has 0 saturated carbocycles. The third kappa shape index (κ3) is 3.09. The van der Waals surface area contributed by atoms with Crippen molar-refractivity contribution in [1.82, 2.24) is 9.88 Å². The number of rotatable bonds is 3. The van der Waals surface area contributed by atoms with E-state index in [2.05, 4.69) is 54.1 Å². The van der Waals surface area contributed by atoms with Crippen molar-refractivity contribution in [2.24, 2.45) is 5.41 Å². The Morgan fingerprint density at radius 2 is 1.81 bits per heavy atom. The number of carbonyl (C=O) groups excluding carboxylic acids is 1. The predicted molar refractivity (Wildman–Crippen MR) is 105 cm³/mol. The van der Waals surface area contributed by atoms with Crippen LogP contribution in [0.4, 0.5) is 5.82 Å². The molecule has 0 unspecified atom stereocenters. The van der Waals surface area contributed by atoms with Gasteiger partial charge in [0, 0.05) is 38.3 Å². The summed E-state index contributed by atoms with van der Waals surface area (Å²) in [6.07, 6.45) is 4.02. The fraction of sp³-hybridized carbons (Fsp3) is 0.455. The SMILES string of the molecule is CC1(C)CN(c2ncccc2C(=O)N2CCCC2)C[C@@H]1c1ccccc1. The van der Waals surface area contributed by atoms with Gasteiger partial charge in [0.05, 0.1) is 5.56 Å². The van der Waals surface area contributed by atoms with Gasteiger partial charge in [-0.05, 0) is 36.0 Å². The van der Waals surface area contributed by atoms with Gasteiger partial charge in [-0.15, -0.1) is 0 Å². The van der Waals surface area contributed by atoms with Gasteiger partial charge in [-0.1, -0.05) is 44.2 Å². The Bertz CT molecular complexity index is 781. The average molecular weight is 349 g/mol. The Labute approximate surface area is 155 Å². The first-order valence-electron chi connectivity index (χ1n) is 9.60. The summed E-state index contributed by atoms with van der Waals surface area (Å²) in [6.45, 7) is 8.17. The van der Waals surface area contributed by atoms with E-state index in [0.717, 1.165) is 50.4 Å². The molecule has 2 aliphatic heterocycles. The summed E-state index contributed by atoms with van der Waals surface area (Å²) in [5, 5.41) is 0. The molecule has 136 valence electrons. The van der Waals surface area contributed by atoms with Gasteiger partial charge in [0.25, 0.3) is 5.91 Å². The summed E-state index contributed by atoms with van der Waals surface area (Å²) in [5.74, 6) is 1.41. The topological polar surface area (TPSA) is 36.4 Å². The summed E-state index contributed by atoms with van der Waals surface area (Å²) >= 11 is 0. The smallest absolute Gasteiger partial charge is 0.257 e. The molecule has 4 rings (SSSR count). The molecule has 2 saturated heterocycles. The highest BCUT2D eigenvalue weighted by Crippen LogP contribution is 2.44. The van der Waals surface area contributed by atoms with Gasteiger partial charge in [-0.3, -0.25) is 4.79 Å². The molecule has 1 aromatic heterocycles. The predicted octanol–water partition coefficient (Wildman–Crippen LogP) is 3.95. The highest BCUT2D eigenvalue weighted by molar-refractivity contribution is 5.99. The zero-order valence-corrected chi connectivity index (χ0v) is 15.7. The van der Waals surface area contributed by atoms with E-state index in [1.807, 2.05) is 17.0 Å². The number of pyridine rings is 1. The normalized spacial score (nSPS) is 22.0. The van der Waals surface area contributed by atoms with Crippen molar-refractivity contribution in [3.63, 3.8) is 0 Å². The summed E-state index contributed by atoms with van der Waals surface area (Å²) in [6, 6.07) is 14.5. The molecule has 4 heteroatoms. The van der Waals surface area contributed by atoms with Gasteiger partial charge in [-0.25, -0.2) is 4.98 Å². The summed E-state index contributed by atoms with van der Waals surface area (Å²) in [4.78, 5) is 21.9. The largest absolute Gasteiger partial charge is 0.355 e. The van der Waals surface area contributed by atoms with Crippen LogP contribution in [0.2, 0.25) is 0 Å². The van der Waals surface area contributed by atoms with E-state index in [0.29, 0.717) is 5.92 Å². The molecular formula is C22H27N3O. The lowest BCUT2D eigenvalue weighted by atomic mass is 9.78. The quantitative estimate of drug-likeness (QED) is 0.842. The Hall–Kier alpha value is -2.36. The minimum Gasteiger partial charge on any atom is -0.355 e. The fourth-order valence-corrected chi connectivity index (χ4v) is 4.44. The van der Waals surface area contributed by atoms with Crippen LogP contribution in [0.1, 0.15) is 48.5 Å². The second-order valence-corrected chi connectivity index (χ2v) is 8.21. The van der Waals surface area contributed by atoms with Crippen LogP contribution >= 0.6 is 0 Å². The number of amides is 1. The number of anilines is 1. The maximum atomic E-state index is 13.0. The molecule has 2 aliphatic rings. The first kappa shape index (κ1) is 17.1. The van der Waals surface area contributed by atoms with E-state index < -0.39 is 0 Å². The van der Waals surface area contributed by atoms with Crippen molar-refractivity contribution >= 4 is 11.7 Å². The standard InChI is InChI=1S/C22H27N3O/c1-22(2)16-25(15-19(22)17-9-4-3-5-10-17)20-18(11-8-12-23-20)21(26)24-13-6-7-14-24/h3-5,8-12,19H,6-7,13-16H2,1-2H3/t19-/m1/s1.